The number of rotatable bonds is 6. The van der Waals surface area contributed by atoms with E-state index in [-0.39, 0.29) is 11.4 Å². The van der Waals surface area contributed by atoms with Crippen LogP contribution in [0.15, 0.2) is 60.9 Å². The number of aromatic nitrogens is 4. The van der Waals surface area contributed by atoms with Gasteiger partial charge in [0.15, 0.2) is 11.6 Å². The number of benzene rings is 1. The van der Waals surface area contributed by atoms with Crippen LogP contribution in [-0.4, -0.2) is 42.4 Å². The largest absolute Gasteiger partial charge is 0.508 e. The number of hydrogen-bond donors (Lipinski definition) is 4. The molecule has 1 amide bonds. The van der Waals surface area contributed by atoms with Gasteiger partial charge in [-0.2, -0.15) is 0 Å². The van der Waals surface area contributed by atoms with Crippen LogP contribution in [-0.2, 0) is 6.54 Å². The molecule has 0 aliphatic heterocycles. The summed E-state index contributed by atoms with van der Waals surface area (Å²) in [5.74, 6) is 0.346. The van der Waals surface area contributed by atoms with Crippen molar-refractivity contribution in [3.63, 3.8) is 0 Å². The van der Waals surface area contributed by atoms with Crippen LogP contribution in [0.4, 0.5) is 5.82 Å². The van der Waals surface area contributed by atoms with Gasteiger partial charge >= 0.3 is 7.12 Å². The van der Waals surface area contributed by atoms with E-state index in [0.29, 0.717) is 29.3 Å². The fourth-order valence-electron chi connectivity index (χ4n) is 2.97. The second kappa shape index (κ2) is 7.70. The number of hydrogen-bond acceptors (Lipinski definition) is 7. The minimum atomic E-state index is -1.78. The molecule has 3 heterocycles. The van der Waals surface area contributed by atoms with Gasteiger partial charge in [-0.3, -0.25) is 9.20 Å². The van der Waals surface area contributed by atoms with E-state index in [9.17, 15) is 14.8 Å². The molecule has 0 unspecified atom stereocenters. The summed E-state index contributed by atoms with van der Waals surface area (Å²) in [4.78, 5) is 24.6. The average Bonchev–Trinajstić information content (AvgIpc) is 3.17. The quantitative estimate of drug-likeness (QED) is 0.346. The number of primary amides is 1. The molecular weight excluding hydrogens is 371 g/mol. The Morgan fingerprint density at radius 3 is 2.66 bits per heavy atom. The lowest BCUT2D eigenvalue weighted by Gasteiger charge is -2.10. The van der Waals surface area contributed by atoms with Crippen molar-refractivity contribution < 1.29 is 14.8 Å². The first-order valence-corrected chi connectivity index (χ1v) is 8.82. The van der Waals surface area contributed by atoms with Gasteiger partial charge in [-0.1, -0.05) is 30.3 Å². The fraction of sp³-hybridized carbons (Fsp3) is 0.0526. The SMILES string of the molecule is NC(=O)c1cccn2c(-c3nc(NCc4ccccc4)cc(B(O)O)n3)ncc12. The minimum absolute atomic E-state index is 0.0216. The van der Waals surface area contributed by atoms with Gasteiger partial charge in [0.1, 0.15) is 5.82 Å². The summed E-state index contributed by atoms with van der Waals surface area (Å²) in [5, 5.41) is 22.4. The van der Waals surface area contributed by atoms with Gasteiger partial charge in [-0.15, -0.1) is 0 Å². The predicted octanol–water partition coefficient (Wildman–Crippen LogP) is 0.182. The van der Waals surface area contributed by atoms with Crippen molar-refractivity contribution in [2.75, 3.05) is 5.32 Å². The molecule has 10 heteroatoms. The maximum atomic E-state index is 11.7. The molecule has 0 atom stereocenters. The second-order valence-electron chi connectivity index (χ2n) is 6.34. The number of carbonyl (C=O) groups is 1. The smallest absolute Gasteiger partial charge is 0.422 e. The normalized spacial score (nSPS) is 10.8. The number of nitrogens with two attached hydrogens (primary N) is 1. The van der Waals surface area contributed by atoms with Crippen molar-refractivity contribution in [3.8, 4) is 11.6 Å². The number of amides is 1. The highest BCUT2D eigenvalue weighted by Crippen LogP contribution is 2.19. The third-order valence-electron chi connectivity index (χ3n) is 4.36. The van der Waals surface area contributed by atoms with Crippen molar-refractivity contribution >= 4 is 30.0 Å². The molecular formula is C19H17BN6O3. The summed E-state index contributed by atoms with van der Waals surface area (Å²) >= 11 is 0. The Morgan fingerprint density at radius 2 is 1.93 bits per heavy atom. The van der Waals surface area contributed by atoms with Crippen LogP contribution < -0.4 is 16.6 Å². The second-order valence-corrected chi connectivity index (χ2v) is 6.34. The van der Waals surface area contributed by atoms with E-state index in [1.54, 1.807) is 22.7 Å². The topological polar surface area (TPSA) is 139 Å². The van der Waals surface area contributed by atoms with E-state index < -0.39 is 13.0 Å². The Kier molecular flexibility index (Phi) is 4.94. The third kappa shape index (κ3) is 3.79. The van der Waals surface area contributed by atoms with Crippen LogP contribution in [0.5, 0.6) is 0 Å². The lowest BCUT2D eigenvalue weighted by molar-refractivity contribution is 0.100. The molecule has 1 aromatic carbocycles. The molecule has 144 valence electrons. The van der Waals surface area contributed by atoms with Crippen molar-refractivity contribution in [2.45, 2.75) is 6.54 Å². The molecule has 9 nitrogen and oxygen atoms in total. The molecule has 0 fully saturated rings. The summed E-state index contributed by atoms with van der Waals surface area (Å²) in [7, 11) is -1.78. The molecule has 0 aliphatic carbocycles. The van der Waals surface area contributed by atoms with E-state index in [2.05, 4.69) is 20.3 Å². The summed E-state index contributed by atoms with van der Waals surface area (Å²) in [6, 6.07) is 14.4. The van der Waals surface area contributed by atoms with Crippen LogP contribution in [0.2, 0.25) is 0 Å². The van der Waals surface area contributed by atoms with Gasteiger partial charge in [0.2, 0.25) is 0 Å². The van der Waals surface area contributed by atoms with Crippen LogP contribution in [0, 0.1) is 0 Å². The number of fused-ring (bicyclic) bond motifs is 1. The van der Waals surface area contributed by atoms with Crippen molar-refractivity contribution in [2.24, 2.45) is 5.73 Å². The molecule has 0 aliphatic rings. The average molecular weight is 388 g/mol. The van der Waals surface area contributed by atoms with Crippen LogP contribution in [0.25, 0.3) is 17.2 Å². The van der Waals surface area contributed by atoms with E-state index in [0.717, 1.165) is 5.56 Å². The molecule has 0 saturated heterocycles. The summed E-state index contributed by atoms with van der Waals surface area (Å²) in [5.41, 5.74) is 7.30. The first-order chi connectivity index (χ1) is 14.0. The van der Waals surface area contributed by atoms with Crippen molar-refractivity contribution in [1.82, 2.24) is 19.4 Å². The number of nitrogens with zero attached hydrogens (tertiary/aromatic N) is 4. The van der Waals surface area contributed by atoms with Gasteiger partial charge in [-0.25, -0.2) is 15.0 Å². The zero-order valence-electron chi connectivity index (χ0n) is 15.2. The van der Waals surface area contributed by atoms with E-state index in [1.165, 1.54) is 12.3 Å². The predicted molar refractivity (Wildman–Crippen MR) is 108 cm³/mol. The number of nitrogens with one attached hydrogen (secondary N) is 1. The van der Waals surface area contributed by atoms with Gasteiger partial charge < -0.3 is 21.1 Å². The molecule has 29 heavy (non-hydrogen) atoms. The fourth-order valence-corrected chi connectivity index (χ4v) is 2.97. The van der Waals surface area contributed by atoms with Crippen LogP contribution in [0.3, 0.4) is 0 Å². The number of pyridine rings is 1. The molecule has 4 aromatic rings. The van der Waals surface area contributed by atoms with Crippen molar-refractivity contribution in [1.29, 1.82) is 0 Å². The van der Waals surface area contributed by atoms with Gasteiger partial charge in [-0.05, 0) is 23.8 Å². The lowest BCUT2D eigenvalue weighted by atomic mass is 9.86. The Bertz CT molecular complexity index is 1180. The lowest BCUT2D eigenvalue weighted by Crippen LogP contribution is -2.33. The Labute approximate surface area is 166 Å². The van der Waals surface area contributed by atoms with Gasteiger partial charge in [0.05, 0.1) is 22.9 Å². The molecule has 4 rings (SSSR count). The first-order valence-electron chi connectivity index (χ1n) is 8.82. The molecule has 5 N–H and O–H groups in total. The highest BCUT2D eigenvalue weighted by atomic mass is 16.4. The number of imidazole rings is 1. The monoisotopic (exact) mass is 388 g/mol. The van der Waals surface area contributed by atoms with Crippen LogP contribution >= 0.6 is 0 Å². The molecule has 0 bridgehead atoms. The molecule has 0 radical (unpaired) electrons. The maximum Gasteiger partial charge on any atom is 0.508 e. The summed E-state index contributed by atoms with van der Waals surface area (Å²) in [6.45, 7) is 0.492. The zero-order chi connectivity index (χ0) is 20.4. The highest BCUT2D eigenvalue weighted by molar-refractivity contribution is 6.57. The van der Waals surface area contributed by atoms with E-state index >= 15 is 0 Å². The first kappa shape index (κ1) is 18.6. The number of anilines is 1. The van der Waals surface area contributed by atoms with Crippen LogP contribution in [0.1, 0.15) is 15.9 Å². The third-order valence-corrected chi connectivity index (χ3v) is 4.36. The molecule has 0 spiro atoms. The van der Waals surface area contributed by atoms with Gasteiger partial charge in [0.25, 0.3) is 5.91 Å². The number of carbonyl (C=O) groups excluding carboxylic acids is 1. The Balaban J connectivity index is 1.75. The van der Waals surface area contributed by atoms with Crippen molar-refractivity contribution in [3.05, 3.63) is 72.1 Å². The Morgan fingerprint density at radius 1 is 1.14 bits per heavy atom. The summed E-state index contributed by atoms with van der Waals surface area (Å²) < 4.78 is 1.63. The Hall–Kier alpha value is -3.76. The highest BCUT2D eigenvalue weighted by Gasteiger charge is 2.20. The molecule has 0 saturated carbocycles. The van der Waals surface area contributed by atoms with E-state index in [4.69, 9.17) is 5.73 Å². The summed E-state index contributed by atoms with van der Waals surface area (Å²) in [6.07, 6.45) is 3.20. The zero-order valence-corrected chi connectivity index (χ0v) is 15.2. The van der Waals surface area contributed by atoms with Gasteiger partial charge in [0, 0.05) is 12.7 Å². The van der Waals surface area contributed by atoms with E-state index in [1.807, 2.05) is 30.3 Å². The minimum Gasteiger partial charge on any atom is -0.422 e. The standard InChI is InChI=1S/C19H17BN6O3/c21-17(27)13-7-4-8-26-14(13)11-23-19(26)18-24-15(20(28)29)9-16(25-18)22-10-12-5-2-1-3-6-12/h1-9,11,28-29H,10H2,(H2,21,27)(H,22,24,25). The molecule has 3 aromatic heterocycles. The maximum absolute atomic E-state index is 11.7.